The van der Waals surface area contributed by atoms with Gasteiger partial charge >= 0.3 is 0 Å². The van der Waals surface area contributed by atoms with E-state index in [-0.39, 0.29) is 20.1 Å². The molecule has 5 nitrogen and oxygen atoms in total. The van der Waals surface area contributed by atoms with Gasteiger partial charge in [-0.05, 0) is 106 Å². The summed E-state index contributed by atoms with van der Waals surface area (Å²) in [6.45, 7) is 22.9. The normalized spacial score (nSPS) is 12.0. The van der Waals surface area contributed by atoms with Gasteiger partial charge in [0.05, 0.1) is 36.1 Å². The topological polar surface area (TPSA) is 57.0 Å². The third-order valence-corrected chi connectivity index (χ3v) is 15.2. The molecule has 0 atom stereocenters. The van der Waals surface area contributed by atoms with Crippen molar-refractivity contribution in [1.82, 2.24) is 14.5 Å². The zero-order valence-electron chi connectivity index (χ0n) is 41.3. The number of hydrogen-bond donors (Lipinski definition) is 0. The Morgan fingerprint density at radius 2 is 1.22 bits per heavy atom. The van der Waals surface area contributed by atoms with E-state index in [9.17, 15) is 0 Å². The minimum Gasteiger partial charge on any atom is -0.501 e. The first-order valence-corrected chi connectivity index (χ1v) is 27.6. The number of pyridine rings is 1. The summed E-state index contributed by atoms with van der Waals surface area (Å²) >= 11 is 0. The molecule has 0 aliphatic rings. The fraction of sp³-hybridized carbons (Fsp3) is 0.226. The van der Waals surface area contributed by atoms with E-state index in [1.54, 1.807) is 0 Å². The van der Waals surface area contributed by atoms with Crippen molar-refractivity contribution < 1.29 is 28.9 Å². The maximum absolute atomic E-state index is 6.55. The van der Waals surface area contributed by atoms with Gasteiger partial charge in [-0.2, -0.15) is 0 Å². The zero-order valence-corrected chi connectivity index (χ0v) is 44.7. The fourth-order valence-corrected chi connectivity index (χ4v) is 11.4. The molecule has 11 aromatic rings. The van der Waals surface area contributed by atoms with Gasteiger partial charge in [-0.3, -0.25) is 4.98 Å². The maximum atomic E-state index is 6.55. The Balaban J connectivity index is 0.000000184. The van der Waals surface area contributed by atoms with Crippen LogP contribution in [0.2, 0.25) is 19.6 Å². The van der Waals surface area contributed by atoms with E-state index in [4.69, 9.17) is 18.8 Å². The minimum atomic E-state index is -1.44. The number of aryl methyl sites for hydroxylation is 1. The minimum absolute atomic E-state index is 0. The molecule has 4 aromatic heterocycles. The van der Waals surface area contributed by atoms with Crippen LogP contribution in [-0.4, -0.2) is 22.6 Å². The smallest absolute Gasteiger partial charge is 0.121 e. The van der Waals surface area contributed by atoms with Crippen LogP contribution in [0.4, 0.5) is 0 Å². The summed E-state index contributed by atoms with van der Waals surface area (Å²) in [4.78, 5) is 10.1. The molecule has 69 heavy (non-hydrogen) atoms. The number of para-hydroxylation sites is 3. The van der Waals surface area contributed by atoms with E-state index in [1.807, 2.05) is 24.3 Å². The second kappa shape index (κ2) is 19.2. The molecule has 0 fully saturated rings. The molecule has 0 bridgehead atoms. The fourth-order valence-electron chi connectivity index (χ4n) is 9.85. The van der Waals surface area contributed by atoms with Crippen LogP contribution in [-0.2, 0) is 26.5 Å². The molecule has 11 rings (SSSR count). The molecule has 0 saturated heterocycles. The number of fused-ring (bicyclic) bond motifs is 7. The van der Waals surface area contributed by atoms with Crippen LogP contribution in [0.15, 0.2) is 155 Å². The van der Waals surface area contributed by atoms with Crippen LogP contribution in [0, 0.1) is 25.0 Å². The molecule has 349 valence electrons. The molecule has 4 heterocycles. The molecule has 0 aliphatic heterocycles. The van der Waals surface area contributed by atoms with E-state index in [2.05, 4.69) is 206 Å². The largest absolute Gasteiger partial charge is 0.501 e. The zero-order chi connectivity index (χ0) is 47.4. The summed E-state index contributed by atoms with van der Waals surface area (Å²) in [7, 11) is -1.44. The maximum Gasteiger partial charge on any atom is 0.121 e. The van der Waals surface area contributed by atoms with Crippen molar-refractivity contribution in [2.45, 2.75) is 86.4 Å². The average molecular weight is 1100 g/mol. The van der Waals surface area contributed by atoms with Gasteiger partial charge in [0, 0.05) is 42.8 Å². The van der Waals surface area contributed by atoms with Crippen LogP contribution in [0.1, 0.15) is 75.6 Å². The Bertz CT molecular complexity index is 3620. The summed E-state index contributed by atoms with van der Waals surface area (Å²) in [6.07, 6.45) is 3.18. The summed E-state index contributed by atoms with van der Waals surface area (Å²) < 4.78 is 15.1. The summed E-state index contributed by atoms with van der Waals surface area (Å²) in [5.74, 6) is 2.06. The standard InChI is InChI=1S/C38H33N2O.C24H26NOSi.Ir/c1-23(2)31-21-27(26-12-7-6-8-13-26)22-32(24(3)4)36(31)40-34-17-10-9-16-33(34)39-38(40)30-15-11-14-29-28-19-18-25(5)20-35(28)41-37(29)30;1-16(2)13-17-14-21(25-15-23(17)27(3,4)5)20-11-8-10-19-18-9-6-7-12-22(18)26-24(19)20;/h6-14,16-24H,1-5H3;6-10,12,14-16H,13H2,1-5H3;/q2*-1;. The van der Waals surface area contributed by atoms with Crippen LogP contribution in [0.3, 0.4) is 0 Å². The number of furan rings is 2. The van der Waals surface area contributed by atoms with E-state index < -0.39 is 8.07 Å². The van der Waals surface area contributed by atoms with Crippen LogP contribution < -0.4 is 5.19 Å². The molecule has 7 heteroatoms. The van der Waals surface area contributed by atoms with Gasteiger partial charge in [0.25, 0.3) is 0 Å². The van der Waals surface area contributed by atoms with E-state index in [1.165, 1.54) is 44.3 Å². The first-order chi connectivity index (χ1) is 32.7. The molecule has 0 N–H and O–H groups in total. The van der Waals surface area contributed by atoms with Crippen molar-refractivity contribution in [3.05, 3.63) is 180 Å². The Labute approximate surface area is 421 Å². The molecule has 1 radical (unpaired) electrons. The van der Waals surface area contributed by atoms with Gasteiger partial charge in [0.15, 0.2) is 0 Å². The van der Waals surface area contributed by atoms with Gasteiger partial charge in [-0.1, -0.05) is 168 Å². The van der Waals surface area contributed by atoms with Crippen LogP contribution in [0.5, 0.6) is 0 Å². The monoisotopic (exact) mass is 1100 g/mol. The molecule has 0 saturated carbocycles. The number of imidazole rings is 1. The van der Waals surface area contributed by atoms with Gasteiger partial charge in [0.2, 0.25) is 0 Å². The van der Waals surface area contributed by atoms with E-state index >= 15 is 0 Å². The van der Waals surface area contributed by atoms with Gasteiger partial charge < -0.3 is 18.4 Å². The van der Waals surface area contributed by atoms with Crippen LogP contribution in [0.25, 0.3) is 94.4 Å². The van der Waals surface area contributed by atoms with Crippen molar-refractivity contribution in [2.24, 2.45) is 5.92 Å². The summed E-state index contributed by atoms with van der Waals surface area (Å²) in [5.41, 5.74) is 17.2. The number of rotatable bonds is 9. The quantitative estimate of drug-likeness (QED) is 0.107. The third kappa shape index (κ3) is 9.05. The van der Waals surface area contributed by atoms with E-state index in [0.717, 1.165) is 84.0 Å². The number of aromatic nitrogens is 3. The number of benzene rings is 7. The second-order valence-corrected chi connectivity index (χ2v) is 25.4. The van der Waals surface area contributed by atoms with Crippen LogP contribution >= 0.6 is 0 Å². The Hall–Kier alpha value is -6.37. The molecular weight excluding hydrogens is 1040 g/mol. The number of nitrogens with zero attached hydrogens (tertiary/aromatic N) is 3. The SMILES string of the molecule is CC(C)Cc1cc(-c2[c-]ccc3c2oc2ccccc23)ncc1[Si](C)(C)C.Cc1ccc2c(c1)oc1c(-c3nc4ccccc4n3-c3c(C(C)C)cc(-c4ccccc4)cc3C(C)C)[c-]ccc12.[Ir]. The van der Waals surface area contributed by atoms with Gasteiger partial charge in [-0.25, -0.2) is 0 Å². The molecule has 0 spiro atoms. The second-order valence-electron chi connectivity index (χ2n) is 20.4. The molecular formula is C62H59IrN3O2Si-2. The van der Waals surface area contributed by atoms with Crippen molar-refractivity contribution in [3.63, 3.8) is 0 Å². The molecule has 0 unspecified atom stereocenters. The van der Waals surface area contributed by atoms with Gasteiger partial charge in [0.1, 0.15) is 11.2 Å². The number of hydrogen-bond acceptors (Lipinski definition) is 4. The van der Waals surface area contributed by atoms with Crippen molar-refractivity contribution in [2.75, 3.05) is 0 Å². The predicted octanol–water partition coefficient (Wildman–Crippen LogP) is 16.8. The van der Waals surface area contributed by atoms with Gasteiger partial charge in [-0.15, -0.1) is 36.4 Å². The molecule has 7 aromatic carbocycles. The van der Waals surface area contributed by atoms with Crippen molar-refractivity contribution in [1.29, 1.82) is 0 Å². The Morgan fingerprint density at radius 1 is 0.609 bits per heavy atom. The molecule has 0 amide bonds. The summed E-state index contributed by atoms with van der Waals surface area (Å²) in [6, 6.07) is 55.8. The van der Waals surface area contributed by atoms with E-state index in [0.29, 0.717) is 17.8 Å². The summed E-state index contributed by atoms with van der Waals surface area (Å²) in [5, 5.41) is 5.92. The first kappa shape index (κ1) is 47.7. The third-order valence-electron chi connectivity index (χ3n) is 13.1. The average Bonchev–Trinajstić information content (AvgIpc) is 4.02. The molecule has 0 aliphatic carbocycles. The first-order valence-electron chi connectivity index (χ1n) is 24.1. The predicted molar refractivity (Wildman–Crippen MR) is 288 cm³/mol. The van der Waals surface area contributed by atoms with Crippen molar-refractivity contribution in [3.8, 4) is 39.5 Å². The Morgan fingerprint density at radius 3 is 1.90 bits per heavy atom. The Kier molecular flexibility index (Phi) is 13.3. The van der Waals surface area contributed by atoms with Crippen molar-refractivity contribution >= 4 is 68.2 Å².